The van der Waals surface area contributed by atoms with Gasteiger partial charge in [0.2, 0.25) is 6.79 Å². The fraction of sp³-hybridized carbons (Fsp3) is 0.250. The van der Waals surface area contributed by atoms with Gasteiger partial charge in [-0.05, 0) is 58.2 Å². The fourth-order valence-corrected chi connectivity index (χ4v) is 2.87. The lowest BCUT2D eigenvalue weighted by atomic mass is 10.1. The van der Waals surface area contributed by atoms with Crippen LogP contribution in [-0.2, 0) is 6.54 Å². The molecule has 110 valence electrons. The molecule has 0 aliphatic carbocycles. The summed E-state index contributed by atoms with van der Waals surface area (Å²) in [5.41, 5.74) is 2.15. The van der Waals surface area contributed by atoms with Crippen LogP contribution in [0.5, 0.6) is 11.5 Å². The Bertz CT molecular complexity index is 645. The summed E-state index contributed by atoms with van der Waals surface area (Å²) in [4.78, 5) is 0. The third kappa shape index (κ3) is 3.19. The number of halogens is 2. The average molecular weight is 352 g/mol. The molecule has 1 aliphatic rings. The van der Waals surface area contributed by atoms with E-state index in [4.69, 9.17) is 9.47 Å². The highest BCUT2D eigenvalue weighted by Gasteiger charge is 2.18. The Kier molecular flexibility index (Phi) is 4.12. The van der Waals surface area contributed by atoms with Gasteiger partial charge in [0.25, 0.3) is 0 Å². The molecule has 5 heteroatoms. The quantitative estimate of drug-likeness (QED) is 0.896. The largest absolute Gasteiger partial charge is 0.454 e. The van der Waals surface area contributed by atoms with Crippen molar-refractivity contribution < 1.29 is 13.9 Å². The predicted molar refractivity (Wildman–Crippen MR) is 81.9 cm³/mol. The third-order valence-corrected chi connectivity index (χ3v) is 4.06. The van der Waals surface area contributed by atoms with E-state index in [1.165, 1.54) is 12.1 Å². The first kappa shape index (κ1) is 14.4. The van der Waals surface area contributed by atoms with Crippen molar-refractivity contribution in [2.45, 2.75) is 19.5 Å². The van der Waals surface area contributed by atoms with Crippen LogP contribution in [-0.4, -0.2) is 6.79 Å². The second kappa shape index (κ2) is 6.03. The maximum absolute atomic E-state index is 12.9. The van der Waals surface area contributed by atoms with Crippen molar-refractivity contribution in [2.24, 2.45) is 0 Å². The van der Waals surface area contributed by atoms with E-state index in [0.29, 0.717) is 6.54 Å². The number of rotatable bonds is 4. The SMILES string of the molecule is C[C@H](NCc1cc(Br)c2c(c1)OCO2)c1ccc(F)cc1. The van der Waals surface area contributed by atoms with Crippen LogP contribution in [0.4, 0.5) is 4.39 Å². The Labute approximate surface area is 131 Å². The summed E-state index contributed by atoms with van der Waals surface area (Å²) in [5.74, 6) is 1.30. The first-order valence-corrected chi connectivity index (χ1v) is 7.49. The summed E-state index contributed by atoms with van der Waals surface area (Å²) in [5, 5.41) is 3.41. The van der Waals surface area contributed by atoms with Gasteiger partial charge in [-0.1, -0.05) is 12.1 Å². The molecule has 0 bridgehead atoms. The van der Waals surface area contributed by atoms with Crippen molar-refractivity contribution in [3.8, 4) is 11.5 Å². The summed E-state index contributed by atoms with van der Waals surface area (Å²) < 4.78 is 24.6. The zero-order valence-corrected chi connectivity index (χ0v) is 13.1. The van der Waals surface area contributed by atoms with Gasteiger partial charge in [0, 0.05) is 12.6 Å². The van der Waals surface area contributed by atoms with Crippen molar-refractivity contribution in [1.29, 1.82) is 0 Å². The number of benzene rings is 2. The van der Waals surface area contributed by atoms with Crippen LogP contribution in [0.3, 0.4) is 0 Å². The molecule has 1 aliphatic heterocycles. The van der Waals surface area contributed by atoms with E-state index >= 15 is 0 Å². The highest BCUT2D eigenvalue weighted by Crippen LogP contribution is 2.40. The van der Waals surface area contributed by atoms with Gasteiger partial charge in [-0.25, -0.2) is 4.39 Å². The zero-order valence-electron chi connectivity index (χ0n) is 11.5. The number of fused-ring (bicyclic) bond motifs is 1. The van der Waals surface area contributed by atoms with Crippen molar-refractivity contribution in [3.63, 3.8) is 0 Å². The first-order chi connectivity index (χ1) is 10.1. The van der Waals surface area contributed by atoms with E-state index in [9.17, 15) is 4.39 Å². The zero-order chi connectivity index (χ0) is 14.8. The van der Waals surface area contributed by atoms with E-state index in [1.807, 2.05) is 12.1 Å². The van der Waals surface area contributed by atoms with Gasteiger partial charge >= 0.3 is 0 Å². The van der Waals surface area contributed by atoms with Crippen LogP contribution in [0.25, 0.3) is 0 Å². The standard InChI is InChI=1S/C16H15BrFNO2/c1-10(12-2-4-13(18)5-3-12)19-8-11-6-14(17)16-15(7-11)20-9-21-16/h2-7,10,19H,8-9H2,1H3/t10-/m0/s1. The molecule has 0 amide bonds. The summed E-state index contributed by atoms with van der Waals surface area (Å²) in [7, 11) is 0. The monoisotopic (exact) mass is 351 g/mol. The Hall–Kier alpha value is -1.59. The minimum atomic E-state index is -0.217. The van der Waals surface area contributed by atoms with Crippen LogP contribution in [0.2, 0.25) is 0 Å². The fourth-order valence-electron chi connectivity index (χ4n) is 2.26. The second-order valence-electron chi connectivity index (χ2n) is 4.97. The second-order valence-corrected chi connectivity index (χ2v) is 5.82. The van der Waals surface area contributed by atoms with Gasteiger partial charge in [0.05, 0.1) is 4.47 Å². The van der Waals surface area contributed by atoms with E-state index < -0.39 is 0 Å². The molecule has 0 fully saturated rings. The molecule has 0 saturated heterocycles. The Morgan fingerprint density at radius 2 is 2.00 bits per heavy atom. The Morgan fingerprint density at radius 3 is 2.76 bits per heavy atom. The number of hydrogen-bond donors (Lipinski definition) is 1. The van der Waals surface area contributed by atoms with Crippen LogP contribution in [0, 0.1) is 5.82 Å². The molecule has 0 spiro atoms. The van der Waals surface area contributed by atoms with Crippen molar-refractivity contribution >= 4 is 15.9 Å². The predicted octanol–water partition coefficient (Wildman–Crippen LogP) is 4.17. The van der Waals surface area contributed by atoms with Crippen molar-refractivity contribution in [2.75, 3.05) is 6.79 Å². The van der Waals surface area contributed by atoms with E-state index in [0.717, 1.165) is 27.1 Å². The molecule has 0 unspecified atom stereocenters. The number of nitrogens with one attached hydrogen (secondary N) is 1. The average Bonchev–Trinajstić information content (AvgIpc) is 2.94. The number of ether oxygens (including phenoxy) is 2. The lowest BCUT2D eigenvalue weighted by Crippen LogP contribution is -2.18. The lowest BCUT2D eigenvalue weighted by Gasteiger charge is -2.15. The molecule has 3 nitrogen and oxygen atoms in total. The minimum absolute atomic E-state index is 0.134. The van der Waals surface area contributed by atoms with Gasteiger partial charge in [-0.2, -0.15) is 0 Å². The van der Waals surface area contributed by atoms with Crippen LogP contribution >= 0.6 is 15.9 Å². The molecular formula is C16H15BrFNO2. The molecule has 1 N–H and O–H groups in total. The normalized spacial score (nSPS) is 14.2. The molecule has 21 heavy (non-hydrogen) atoms. The smallest absolute Gasteiger partial charge is 0.231 e. The first-order valence-electron chi connectivity index (χ1n) is 6.70. The van der Waals surface area contributed by atoms with E-state index in [2.05, 4.69) is 28.2 Å². The van der Waals surface area contributed by atoms with Gasteiger partial charge in [-0.15, -0.1) is 0 Å². The summed E-state index contributed by atoms with van der Waals surface area (Å²) >= 11 is 3.48. The molecule has 0 aromatic heterocycles. The lowest BCUT2D eigenvalue weighted by molar-refractivity contribution is 0.173. The summed E-state index contributed by atoms with van der Waals surface area (Å²) in [6, 6.07) is 10.7. The highest BCUT2D eigenvalue weighted by atomic mass is 79.9. The molecule has 2 aromatic rings. The van der Waals surface area contributed by atoms with E-state index in [1.54, 1.807) is 12.1 Å². The highest BCUT2D eigenvalue weighted by molar-refractivity contribution is 9.10. The Balaban J connectivity index is 1.67. The molecule has 0 saturated carbocycles. The topological polar surface area (TPSA) is 30.5 Å². The minimum Gasteiger partial charge on any atom is -0.454 e. The summed E-state index contributed by atoms with van der Waals surface area (Å²) in [6.07, 6.45) is 0. The van der Waals surface area contributed by atoms with Gasteiger partial charge in [0.1, 0.15) is 5.82 Å². The third-order valence-electron chi connectivity index (χ3n) is 3.47. The maximum Gasteiger partial charge on any atom is 0.231 e. The van der Waals surface area contributed by atoms with Crippen molar-refractivity contribution in [1.82, 2.24) is 5.32 Å². The molecule has 1 atom stereocenters. The van der Waals surface area contributed by atoms with E-state index in [-0.39, 0.29) is 18.7 Å². The van der Waals surface area contributed by atoms with Gasteiger partial charge < -0.3 is 14.8 Å². The number of hydrogen-bond acceptors (Lipinski definition) is 3. The van der Waals surface area contributed by atoms with Crippen LogP contribution in [0.15, 0.2) is 40.9 Å². The van der Waals surface area contributed by atoms with Gasteiger partial charge in [0.15, 0.2) is 11.5 Å². The molecule has 1 heterocycles. The molecule has 2 aromatic carbocycles. The van der Waals surface area contributed by atoms with Gasteiger partial charge in [-0.3, -0.25) is 0 Å². The van der Waals surface area contributed by atoms with Crippen molar-refractivity contribution in [3.05, 3.63) is 57.8 Å². The van der Waals surface area contributed by atoms with Crippen LogP contribution < -0.4 is 14.8 Å². The summed E-state index contributed by atoms with van der Waals surface area (Å²) in [6.45, 7) is 3.00. The maximum atomic E-state index is 12.9. The molecule has 0 radical (unpaired) electrons. The molecule has 3 rings (SSSR count). The Morgan fingerprint density at radius 1 is 1.24 bits per heavy atom. The van der Waals surface area contributed by atoms with Crippen LogP contribution in [0.1, 0.15) is 24.1 Å². The molecular weight excluding hydrogens is 337 g/mol.